The van der Waals surface area contributed by atoms with E-state index in [1.54, 1.807) is 17.0 Å². The molecule has 0 aliphatic heterocycles. The number of aromatic amines is 1. The monoisotopic (exact) mass is 423 g/mol. The number of aryl methyl sites for hydroxylation is 1. The number of urea groups is 1. The SMILES string of the molecule is Cc1ccc2[nH]c(=O)c(CN(C(=O)Nc3ccccc3Cl)C3CCCCC3)cc2c1. The first-order valence-corrected chi connectivity index (χ1v) is 10.8. The van der Waals surface area contributed by atoms with E-state index in [-0.39, 0.29) is 24.2 Å². The summed E-state index contributed by atoms with van der Waals surface area (Å²) in [5.74, 6) is 0. The lowest BCUT2D eigenvalue weighted by molar-refractivity contribution is 0.162. The third-order valence-corrected chi connectivity index (χ3v) is 6.14. The van der Waals surface area contributed by atoms with Crippen molar-refractivity contribution in [3.05, 3.63) is 75.0 Å². The number of nitrogens with zero attached hydrogens (tertiary/aromatic N) is 1. The Balaban J connectivity index is 1.65. The van der Waals surface area contributed by atoms with Crippen LogP contribution in [0.25, 0.3) is 10.9 Å². The number of amides is 2. The van der Waals surface area contributed by atoms with Crippen LogP contribution >= 0.6 is 11.6 Å². The predicted molar refractivity (Wildman–Crippen MR) is 122 cm³/mol. The van der Waals surface area contributed by atoms with E-state index in [4.69, 9.17) is 11.6 Å². The normalized spacial score (nSPS) is 14.6. The smallest absolute Gasteiger partial charge is 0.322 e. The zero-order valence-corrected chi connectivity index (χ0v) is 17.8. The number of benzene rings is 2. The van der Waals surface area contributed by atoms with Crippen LogP contribution in [-0.4, -0.2) is 22.0 Å². The van der Waals surface area contributed by atoms with Crippen molar-refractivity contribution in [2.24, 2.45) is 0 Å². The first-order chi connectivity index (χ1) is 14.5. The molecule has 1 aliphatic carbocycles. The number of halogens is 1. The van der Waals surface area contributed by atoms with Crippen molar-refractivity contribution in [2.45, 2.75) is 51.6 Å². The van der Waals surface area contributed by atoms with Gasteiger partial charge < -0.3 is 15.2 Å². The van der Waals surface area contributed by atoms with E-state index in [0.29, 0.717) is 16.3 Å². The van der Waals surface area contributed by atoms with Gasteiger partial charge in [-0.1, -0.05) is 54.6 Å². The third-order valence-electron chi connectivity index (χ3n) is 5.81. The summed E-state index contributed by atoms with van der Waals surface area (Å²) in [7, 11) is 0. The van der Waals surface area contributed by atoms with Crippen molar-refractivity contribution < 1.29 is 4.79 Å². The largest absolute Gasteiger partial charge is 0.322 e. The molecule has 1 fully saturated rings. The minimum absolute atomic E-state index is 0.105. The molecule has 3 aromatic rings. The third kappa shape index (κ3) is 4.51. The summed E-state index contributed by atoms with van der Waals surface area (Å²) in [5.41, 5.74) is 2.94. The molecule has 5 nitrogen and oxygen atoms in total. The maximum atomic E-state index is 13.2. The van der Waals surface area contributed by atoms with Gasteiger partial charge in [-0.05, 0) is 55.5 Å². The highest BCUT2D eigenvalue weighted by Gasteiger charge is 2.27. The molecule has 2 amide bonds. The molecule has 1 heterocycles. The van der Waals surface area contributed by atoms with E-state index >= 15 is 0 Å². The molecule has 1 aromatic heterocycles. The van der Waals surface area contributed by atoms with Gasteiger partial charge in [0.2, 0.25) is 0 Å². The first-order valence-electron chi connectivity index (χ1n) is 10.5. The van der Waals surface area contributed by atoms with Gasteiger partial charge in [0, 0.05) is 17.1 Å². The number of pyridine rings is 1. The van der Waals surface area contributed by atoms with Crippen molar-refractivity contribution in [3.8, 4) is 0 Å². The Kier molecular flexibility index (Phi) is 6.09. The van der Waals surface area contributed by atoms with Gasteiger partial charge in [-0.25, -0.2) is 4.79 Å². The molecule has 0 atom stereocenters. The number of H-pyrrole nitrogens is 1. The molecule has 2 aromatic carbocycles. The number of hydrogen-bond donors (Lipinski definition) is 2. The lowest BCUT2D eigenvalue weighted by atomic mass is 9.94. The van der Waals surface area contributed by atoms with Gasteiger partial charge >= 0.3 is 6.03 Å². The summed E-state index contributed by atoms with van der Waals surface area (Å²) >= 11 is 6.24. The van der Waals surface area contributed by atoms with Crippen molar-refractivity contribution in [2.75, 3.05) is 5.32 Å². The van der Waals surface area contributed by atoms with E-state index < -0.39 is 0 Å². The van der Waals surface area contributed by atoms with Gasteiger partial charge in [0.05, 0.1) is 17.3 Å². The quantitative estimate of drug-likeness (QED) is 0.552. The Bertz CT molecular complexity index is 1120. The Hall–Kier alpha value is -2.79. The van der Waals surface area contributed by atoms with Crippen LogP contribution in [0.4, 0.5) is 10.5 Å². The lowest BCUT2D eigenvalue weighted by Gasteiger charge is -2.34. The van der Waals surface area contributed by atoms with Crippen LogP contribution in [0.15, 0.2) is 53.3 Å². The lowest BCUT2D eigenvalue weighted by Crippen LogP contribution is -2.44. The summed E-state index contributed by atoms with van der Waals surface area (Å²) in [4.78, 5) is 30.7. The highest BCUT2D eigenvalue weighted by atomic mass is 35.5. The maximum absolute atomic E-state index is 13.2. The molecule has 0 unspecified atom stereocenters. The molecule has 0 spiro atoms. The molecule has 156 valence electrons. The maximum Gasteiger partial charge on any atom is 0.322 e. The van der Waals surface area contributed by atoms with E-state index in [1.807, 2.05) is 43.3 Å². The Morgan fingerprint density at radius 3 is 2.67 bits per heavy atom. The summed E-state index contributed by atoms with van der Waals surface area (Å²) in [6, 6.07) is 14.9. The van der Waals surface area contributed by atoms with Gasteiger partial charge in [0.25, 0.3) is 5.56 Å². The van der Waals surface area contributed by atoms with Gasteiger partial charge in [-0.3, -0.25) is 4.79 Å². The standard InChI is InChI=1S/C24H26ClN3O2/c1-16-11-12-21-17(13-16)14-18(23(29)26-21)15-28(19-7-3-2-4-8-19)24(30)27-22-10-6-5-9-20(22)25/h5-6,9-14,19H,2-4,7-8,15H2,1H3,(H,26,29)(H,27,30). The fourth-order valence-electron chi connectivity index (χ4n) is 4.18. The zero-order chi connectivity index (χ0) is 21.1. The van der Waals surface area contributed by atoms with Crippen molar-refractivity contribution in [3.63, 3.8) is 0 Å². The van der Waals surface area contributed by atoms with Crippen LogP contribution in [0.3, 0.4) is 0 Å². The Morgan fingerprint density at radius 2 is 1.90 bits per heavy atom. The van der Waals surface area contributed by atoms with Gasteiger partial charge in [-0.2, -0.15) is 0 Å². The number of anilines is 1. The fourth-order valence-corrected chi connectivity index (χ4v) is 4.36. The highest BCUT2D eigenvalue weighted by Crippen LogP contribution is 2.26. The second kappa shape index (κ2) is 8.92. The van der Waals surface area contributed by atoms with E-state index in [2.05, 4.69) is 10.3 Å². The van der Waals surface area contributed by atoms with Crippen LogP contribution in [0.1, 0.15) is 43.2 Å². The minimum atomic E-state index is -0.223. The average Bonchev–Trinajstić information content (AvgIpc) is 2.74. The molecule has 30 heavy (non-hydrogen) atoms. The average molecular weight is 424 g/mol. The molecule has 1 aliphatic rings. The number of nitrogens with one attached hydrogen (secondary N) is 2. The first kappa shape index (κ1) is 20.5. The highest BCUT2D eigenvalue weighted by molar-refractivity contribution is 6.33. The van der Waals surface area contributed by atoms with Gasteiger partial charge in [-0.15, -0.1) is 0 Å². The van der Waals surface area contributed by atoms with Crippen molar-refractivity contribution in [1.82, 2.24) is 9.88 Å². The van der Waals surface area contributed by atoms with Crippen LogP contribution in [0.2, 0.25) is 5.02 Å². The molecule has 1 saturated carbocycles. The Labute approximate surface area is 181 Å². The van der Waals surface area contributed by atoms with Crippen molar-refractivity contribution >= 4 is 34.2 Å². The second-order valence-corrected chi connectivity index (χ2v) is 8.45. The summed E-state index contributed by atoms with van der Waals surface area (Å²) in [6.07, 6.45) is 5.26. The van der Waals surface area contributed by atoms with Crippen LogP contribution in [0, 0.1) is 6.92 Å². The predicted octanol–water partition coefficient (Wildman–Crippen LogP) is 5.86. The second-order valence-electron chi connectivity index (χ2n) is 8.04. The molecule has 0 bridgehead atoms. The van der Waals surface area contributed by atoms with E-state index in [0.717, 1.165) is 42.1 Å². The summed E-state index contributed by atoms with van der Waals surface area (Å²) < 4.78 is 0. The minimum Gasteiger partial charge on any atom is -0.322 e. The van der Waals surface area contributed by atoms with Crippen LogP contribution in [-0.2, 0) is 6.54 Å². The fraction of sp³-hybridized carbons (Fsp3) is 0.333. The molecule has 0 saturated heterocycles. The molecule has 6 heteroatoms. The summed E-state index contributed by atoms with van der Waals surface area (Å²) in [5, 5.41) is 4.40. The zero-order valence-electron chi connectivity index (χ0n) is 17.1. The molecule has 0 radical (unpaired) electrons. The molecule has 2 N–H and O–H groups in total. The number of carbonyl (C=O) groups is 1. The Morgan fingerprint density at radius 1 is 1.13 bits per heavy atom. The topological polar surface area (TPSA) is 65.2 Å². The number of aromatic nitrogens is 1. The number of rotatable bonds is 4. The number of para-hydroxylation sites is 1. The van der Waals surface area contributed by atoms with Gasteiger partial charge in [0.1, 0.15) is 0 Å². The number of fused-ring (bicyclic) bond motifs is 1. The van der Waals surface area contributed by atoms with Crippen LogP contribution < -0.4 is 10.9 Å². The molecular formula is C24H26ClN3O2. The van der Waals surface area contributed by atoms with Crippen LogP contribution in [0.5, 0.6) is 0 Å². The summed E-state index contributed by atoms with van der Waals surface area (Å²) in [6.45, 7) is 2.29. The molecular weight excluding hydrogens is 398 g/mol. The van der Waals surface area contributed by atoms with Gasteiger partial charge in [0.15, 0.2) is 0 Å². The van der Waals surface area contributed by atoms with Crippen molar-refractivity contribution in [1.29, 1.82) is 0 Å². The van der Waals surface area contributed by atoms with E-state index in [1.165, 1.54) is 6.42 Å². The number of carbonyl (C=O) groups excluding carboxylic acids is 1. The number of hydrogen-bond acceptors (Lipinski definition) is 2. The van der Waals surface area contributed by atoms with E-state index in [9.17, 15) is 9.59 Å². The molecule has 4 rings (SSSR count).